The molecule has 1 aromatic carbocycles. The molecular formula is C25H24O6. The minimum absolute atomic E-state index is 0.0192. The van der Waals surface area contributed by atoms with Crippen molar-refractivity contribution in [3.05, 3.63) is 103 Å². The Morgan fingerprint density at radius 1 is 0.710 bits per heavy atom. The molecule has 0 spiro atoms. The molecule has 0 unspecified atom stereocenters. The normalized spacial score (nSPS) is 12.5. The number of hydrogen-bond donors (Lipinski definition) is 1. The van der Waals surface area contributed by atoms with Crippen LogP contribution in [0.1, 0.15) is 19.4 Å². The highest BCUT2D eigenvalue weighted by Gasteiger charge is 2.12. The number of ether oxygens (including phenoxy) is 2. The average molecular weight is 420 g/mol. The monoisotopic (exact) mass is 420 g/mol. The summed E-state index contributed by atoms with van der Waals surface area (Å²) in [5.41, 5.74) is 0.451. The van der Waals surface area contributed by atoms with Crippen LogP contribution in [0.4, 0.5) is 0 Å². The molecule has 1 rings (SSSR count). The maximum Gasteiger partial charge on any atom is 0.336 e. The maximum absolute atomic E-state index is 12.1. The van der Waals surface area contributed by atoms with Crippen molar-refractivity contribution < 1.29 is 29.0 Å². The van der Waals surface area contributed by atoms with Crippen molar-refractivity contribution in [3.63, 3.8) is 0 Å². The molecule has 0 aliphatic carbocycles. The molecular weight excluding hydrogens is 396 g/mol. The van der Waals surface area contributed by atoms with Gasteiger partial charge in [0.2, 0.25) is 0 Å². The van der Waals surface area contributed by atoms with Crippen molar-refractivity contribution in [1.29, 1.82) is 0 Å². The predicted molar refractivity (Wildman–Crippen MR) is 121 cm³/mol. The van der Waals surface area contributed by atoms with Gasteiger partial charge in [-0.25, -0.2) is 14.4 Å². The Kier molecular flexibility index (Phi) is 11.8. The van der Waals surface area contributed by atoms with Crippen LogP contribution < -0.4 is 9.47 Å². The van der Waals surface area contributed by atoms with Crippen LogP contribution in [0.5, 0.6) is 11.5 Å². The second kappa shape index (κ2) is 14.8. The van der Waals surface area contributed by atoms with E-state index < -0.39 is 17.9 Å². The SMILES string of the molecule is C/C=C/C=C/C=C/C(=O)Oc1ccc(/C=C/C(=O)O)cc1OC(=O)/C=C/C=C/C=C/C. The number of carbonyl (C=O) groups is 3. The van der Waals surface area contributed by atoms with Crippen LogP contribution in [-0.2, 0) is 14.4 Å². The van der Waals surface area contributed by atoms with Gasteiger partial charge in [0.25, 0.3) is 0 Å². The largest absolute Gasteiger partial charge is 0.478 e. The van der Waals surface area contributed by atoms with Crippen molar-refractivity contribution >= 4 is 24.0 Å². The molecule has 0 aliphatic heterocycles. The Balaban J connectivity index is 3.03. The van der Waals surface area contributed by atoms with Crippen LogP contribution in [-0.4, -0.2) is 23.0 Å². The lowest BCUT2D eigenvalue weighted by Gasteiger charge is -2.09. The third-order valence-electron chi connectivity index (χ3n) is 3.32. The number of esters is 2. The van der Waals surface area contributed by atoms with Crippen molar-refractivity contribution in [2.45, 2.75) is 13.8 Å². The van der Waals surface area contributed by atoms with E-state index in [0.717, 1.165) is 6.08 Å². The van der Waals surface area contributed by atoms with Crippen molar-refractivity contribution in [3.8, 4) is 11.5 Å². The molecule has 1 N–H and O–H groups in total. The highest BCUT2D eigenvalue weighted by molar-refractivity contribution is 5.88. The van der Waals surface area contributed by atoms with Gasteiger partial charge in [0, 0.05) is 18.2 Å². The average Bonchev–Trinajstić information content (AvgIpc) is 2.73. The summed E-state index contributed by atoms with van der Waals surface area (Å²) in [6.45, 7) is 3.73. The molecule has 6 nitrogen and oxygen atoms in total. The van der Waals surface area contributed by atoms with Crippen LogP contribution in [0, 0.1) is 0 Å². The molecule has 0 saturated carbocycles. The molecule has 0 fully saturated rings. The molecule has 1 aromatic rings. The lowest BCUT2D eigenvalue weighted by Crippen LogP contribution is -2.09. The number of rotatable bonds is 10. The quantitative estimate of drug-likeness (QED) is 0.249. The summed E-state index contributed by atoms with van der Waals surface area (Å²) in [6.07, 6.45) is 21.8. The van der Waals surface area contributed by atoms with Crippen LogP contribution in [0.25, 0.3) is 6.08 Å². The van der Waals surface area contributed by atoms with Crippen LogP contribution in [0.15, 0.2) is 97.2 Å². The van der Waals surface area contributed by atoms with Crippen molar-refractivity contribution in [1.82, 2.24) is 0 Å². The number of carboxylic acids is 1. The van der Waals surface area contributed by atoms with Crippen molar-refractivity contribution in [2.75, 3.05) is 0 Å². The molecule has 0 aliphatic rings. The van der Waals surface area contributed by atoms with Gasteiger partial charge in [-0.05, 0) is 37.6 Å². The summed E-state index contributed by atoms with van der Waals surface area (Å²) in [4.78, 5) is 34.9. The van der Waals surface area contributed by atoms with E-state index in [1.54, 1.807) is 36.5 Å². The highest BCUT2D eigenvalue weighted by Crippen LogP contribution is 2.29. The fourth-order valence-electron chi connectivity index (χ4n) is 1.99. The molecule has 6 heteroatoms. The zero-order valence-electron chi connectivity index (χ0n) is 17.3. The van der Waals surface area contributed by atoms with Crippen LogP contribution in [0.3, 0.4) is 0 Å². The van der Waals surface area contributed by atoms with Gasteiger partial charge in [-0.15, -0.1) is 0 Å². The first-order valence-corrected chi connectivity index (χ1v) is 9.37. The van der Waals surface area contributed by atoms with E-state index in [4.69, 9.17) is 14.6 Å². The molecule has 0 amide bonds. The van der Waals surface area contributed by atoms with E-state index in [9.17, 15) is 14.4 Å². The number of aliphatic carboxylic acids is 1. The lowest BCUT2D eigenvalue weighted by atomic mass is 10.2. The first-order valence-electron chi connectivity index (χ1n) is 9.37. The van der Waals surface area contributed by atoms with Crippen LogP contribution >= 0.6 is 0 Å². The van der Waals surface area contributed by atoms with Crippen LogP contribution in [0.2, 0.25) is 0 Å². The first-order chi connectivity index (χ1) is 15.0. The number of carboxylic acid groups (broad SMARTS) is 1. The lowest BCUT2D eigenvalue weighted by molar-refractivity contribution is -0.131. The smallest absolute Gasteiger partial charge is 0.336 e. The molecule has 0 radical (unpaired) electrons. The van der Waals surface area contributed by atoms with Crippen molar-refractivity contribution in [2.24, 2.45) is 0 Å². The second-order valence-corrected chi connectivity index (χ2v) is 5.76. The zero-order chi connectivity index (χ0) is 22.9. The van der Waals surface area contributed by atoms with Gasteiger partial charge >= 0.3 is 17.9 Å². The molecule has 0 saturated heterocycles. The second-order valence-electron chi connectivity index (χ2n) is 5.76. The highest BCUT2D eigenvalue weighted by atomic mass is 16.6. The van der Waals surface area contributed by atoms with Gasteiger partial charge in [-0.1, -0.05) is 66.8 Å². The van der Waals surface area contributed by atoms with Gasteiger partial charge in [0.15, 0.2) is 11.5 Å². The van der Waals surface area contributed by atoms with E-state index >= 15 is 0 Å². The number of allylic oxidation sites excluding steroid dienone is 10. The first kappa shape index (κ1) is 24.8. The fourth-order valence-corrected chi connectivity index (χ4v) is 1.99. The third-order valence-corrected chi connectivity index (χ3v) is 3.32. The third kappa shape index (κ3) is 11.4. The summed E-state index contributed by atoms with van der Waals surface area (Å²) >= 11 is 0. The molecule has 160 valence electrons. The number of benzene rings is 1. The Morgan fingerprint density at radius 2 is 1.23 bits per heavy atom. The van der Waals surface area contributed by atoms with E-state index in [0.29, 0.717) is 5.56 Å². The standard InChI is InChI=1S/C25H24O6/c1-3-5-7-9-11-13-24(28)30-21-17-15-20(16-18-23(26)27)19-22(21)31-25(29)14-12-10-8-6-4-2/h3-19H,1-2H3,(H,26,27)/b5-3+,6-4+,9-7+,10-8+,13-11+,14-12+,18-16+. The minimum Gasteiger partial charge on any atom is -0.478 e. The number of hydrogen-bond acceptors (Lipinski definition) is 5. The Bertz CT molecular complexity index is 972. The van der Waals surface area contributed by atoms with Gasteiger partial charge < -0.3 is 14.6 Å². The summed E-state index contributed by atoms with van der Waals surface area (Å²) in [7, 11) is 0. The minimum atomic E-state index is -1.12. The van der Waals surface area contributed by atoms with E-state index in [-0.39, 0.29) is 11.5 Å². The van der Waals surface area contributed by atoms with Gasteiger partial charge in [-0.3, -0.25) is 0 Å². The summed E-state index contributed by atoms with van der Waals surface area (Å²) in [6, 6.07) is 4.35. The maximum atomic E-state index is 12.1. The summed E-state index contributed by atoms with van der Waals surface area (Å²) in [5, 5.41) is 8.78. The van der Waals surface area contributed by atoms with E-state index in [1.807, 2.05) is 26.0 Å². The Labute approximate surface area is 181 Å². The zero-order valence-corrected chi connectivity index (χ0v) is 17.3. The van der Waals surface area contributed by atoms with Gasteiger partial charge in [0.1, 0.15) is 0 Å². The predicted octanol–water partition coefficient (Wildman–Crippen LogP) is 4.97. The van der Waals surface area contributed by atoms with Gasteiger partial charge in [0.05, 0.1) is 0 Å². The molecule has 0 heterocycles. The molecule has 0 aromatic heterocycles. The van der Waals surface area contributed by atoms with Gasteiger partial charge in [-0.2, -0.15) is 0 Å². The summed E-state index contributed by atoms with van der Waals surface area (Å²) in [5.74, 6) is -2.48. The Morgan fingerprint density at radius 3 is 1.74 bits per heavy atom. The van der Waals surface area contributed by atoms with E-state index in [2.05, 4.69) is 0 Å². The Hall–Kier alpha value is -4.19. The molecule has 0 atom stereocenters. The fraction of sp³-hybridized carbons (Fsp3) is 0.0800. The number of carbonyl (C=O) groups excluding carboxylic acids is 2. The topological polar surface area (TPSA) is 89.9 Å². The van der Waals surface area contributed by atoms with E-state index in [1.165, 1.54) is 48.6 Å². The molecule has 31 heavy (non-hydrogen) atoms. The summed E-state index contributed by atoms with van der Waals surface area (Å²) < 4.78 is 10.5. The molecule has 0 bridgehead atoms.